The van der Waals surface area contributed by atoms with Crippen LogP contribution in [0.4, 0.5) is 0 Å². The molecule has 0 radical (unpaired) electrons. The minimum atomic E-state index is -3.61. The van der Waals surface area contributed by atoms with Gasteiger partial charge in [0.25, 0.3) is 5.91 Å². The molecule has 35 heavy (non-hydrogen) atoms. The molecule has 0 atom stereocenters. The maximum atomic E-state index is 13.0. The number of thiazole rings is 1. The van der Waals surface area contributed by atoms with Gasteiger partial charge in [0, 0.05) is 31.8 Å². The molecule has 0 aliphatic heterocycles. The molecule has 0 N–H and O–H groups in total. The predicted molar refractivity (Wildman–Crippen MR) is 139 cm³/mol. The lowest BCUT2D eigenvalue weighted by atomic mass is 10.2. The largest absolute Gasteiger partial charge is 0.497 e. The zero-order chi connectivity index (χ0) is 25.4. The van der Waals surface area contributed by atoms with Gasteiger partial charge in [-0.3, -0.25) is 4.79 Å². The van der Waals surface area contributed by atoms with Gasteiger partial charge in [0.05, 0.1) is 28.8 Å². The summed E-state index contributed by atoms with van der Waals surface area (Å²) in [6.45, 7) is 8.41. The molecule has 0 fully saturated rings. The molecule has 0 bridgehead atoms. The standard InChI is InChI=1S/C25H33N3O5S2/c1-5-14-27(15-6-2)35(30,31)21-11-8-19(9-12-21)24(29)26-25-28(16-17-33-7-3)22-13-10-20(32-4)18-23(22)34-25/h8-13,18H,5-7,14-17H2,1-4H3. The van der Waals surface area contributed by atoms with Crippen molar-refractivity contribution < 1.29 is 22.7 Å². The molecule has 0 saturated heterocycles. The van der Waals surface area contributed by atoms with Crippen LogP contribution in [0.25, 0.3) is 10.2 Å². The third-order valence-corrected chi connectivity index (χ3v) is 8.39. The Morgan fingerprint density at radius 3 is 2.34 bits per heavy atom. The molecule has 0 aliphatic carbocycles. The maximum absolute atomic E-state index is 13.0. The van der Waals surface area contributed by atoms with E-state index in [0.717, 1.165) is 28.8 Å². The van der Waals surface area contributed by atoms with Gasteiger partial charge in [-0.1, -0.05) is 25.2 Å². The molecule has 0 spiro atoms. The summed E-state index contributed by atoms with van der Waals surface area (Å²) in [7, 11) is -2.00. The summed E-state index contributed by atoms with van der Waals surface area (Å²) in [6.07, 6.45) is 1.47. The topological polar surface area (TPSA) is 90.2 Å². The van der Waals surface area contributed by atoms with E-state index in [-0.39, 0.29) is 4.90 Å². The van der Waals surface area contributed by atoms with Crippen molar-refractivity contribution in [1.82, 2.24) is 8.87 Å². The van der Waals surface area contributed by atoms with Crippen molar-refractivity contribution in [3.8, 4) is 5.75 Å². The predicted octanol–water partition coefficient (Wildman–Crippen LogP) is 4.30. The number of methoxy groups -OCH3 is 1. The lowest BCUT2D eigenvalue weighted by Crippen LogP contribution is -2.32. The van der Waals surface area contributed by atoms with E-state index in [1.165, 1.54) is 39.9 Å². The highest BCUT2D eigenvalue weighted by atomic mass is 32.2. The Morgan fingerprint density at radius 1 is 1.06 bits per heavy atom. The monoisotopic (exact) mass is 519 g/mol. The third kappa shape index (κ3) is 6.38. The number of ether oxygens (including phenoxy) is 2. The summed E-state index contributed by atoms with van der Waals surface area (Å²) >= 11 is 1.39. The number of hydrogen-bond donors (Lipinski definition) is 0. The van der Waals surface area contributed by atoms with Crippen molar-refractivity contribution in [3.63, 3.8) is 0 Å². The van der Waals surface area contributed by atoms with Crippen molar-refractivity contribution >= 4 is 37.5 Å². The first kappa shape index (κ1) is 27.1. The van der Waals surface area contributed by atoms with Crippen LogP contribution >= 0.6 is 11.3 Å². The summed E-state index contributed by atoms with van der Waals surface area (Å²) in [6, 6.07) is 11.7. The molecule has 190 valence electrons. The van der Waals surface area contributed by atoms with Gasteiger partial charge in [0.2, 0.25) is 10.0 Å². The van der Waals surface area contributed by atoms with Gasteiger partial charge >= 0.3 is 0 Å². The maximum Gasteiger partial charge on any atom is 0.279 e. The van der Waals surface area contributed by atoms with E-state index in [4.69, 9.17) is 9.47 Å². The summed E-state index contributed by atoms with van der Waals surface area (Å²) in [5.74, 6) is 0.294. The minimum Gasteiger partial charge on any atom is -0.497 e. The molecule has 8 nitrogen and oxygen atoms in total. The van der Waals surface area contributed by atoms with Gasteiger partial charge in [0.1, 0.15) is 5.75 Å². The van der Waals surface area contributed by atoms with Gasteiger partial charge in [-0.15, -0.1) is 0 Å². The Balaban J connectivity index is 1.94. The number of sulfonamides is 1. The van der Waals surface area contributed by atoms with Gasteiger partial charge in [-0.05, 0) is 62.2 Å². The fourth-order valence-corrected chi connectivity index (χ4v) is 6.41. The Morgan fingerprint density at radius 2 is 1.74 bits per heavy atom. The number of amides is 1. The number of nitrogens with zero attached hydrogens (tertiary/aromatic N) is 3. The van der Waals surface area contributed by atoms with E-state index in [2.05, 4.69) is 4.99 Å². The van der Waals surface area contributed by atoms with E-state index in [0.29, 0.717) is 43.2 Å². The second-order valence-corrected chi connectivity index (χ2v) is 10.9. The van der Waals surface area contributed by atoms with Gasteiger partial charge in [-0.2, -0.15) is 9.30 Å². The number of rotatable bonds is 12. The number of carbonyl (C=O) groups is 1. The fourth-order valence-electron chi connectivity index (χ4n) is 3.70. The molecule has 10 heteroatoms. The summed E-state index contributed by atoms with van der Waals surface area (Å²) in [5, 5.41) is 0. The number of hydrogen-bond acceptors (Lipinski definition) is 6. The molecular weight excluding hydrogens is 486 g/mol. The van der Waals surface area contributed by atoms with Crippen LogP contribution < -0.4 is 9.54 Å². The first-order valence-electron chi connectivity index (χ1n) is 11.8. The normalized spacial score (nSPS) is 12.5. The highest BCUT2D eigenvalue weighted by Crippen LogP contribution is 2.23. The molecule has 1 amide bonds. The number of fused-ring (bicyclic) bond motifs is 1. The summed E-state index contributed by atoms with van der Waals surface area (Å²) < 4.78 is 41.2. The lowest BCUT2D eigenvalue weighted by molar-refractivity contribution is 0.0996. The second kappa shape index (κ2) is 12.4. The Kier molecular flexibility index (Phi) is 9.62. The molecule has 0 unspecified atom stereocenters. The molecule has 3 rings (SSSR count). The van der Waals surface area contributed by atoms with Crippen molar-refractivity contribution in [3.05, 3.63) is 52.8 Å². The van der Waals surface area contributed by atoms with Crippen LogP contribution in [0.1, 0.15) is 44.0 Å². The van der Waals surface area contributed by atoms with Crippen LogP contribution in [0.5, 0.6) is 5.75 Å². The highest BCUT2D eigenvalue weighted by molar-refractivity contribution is 7.89. The first-order valence-corrected chi connectivity index (χ1v) is 14.1. The van der Waals surface area contributed by atoms with Gasteiger partial charge in [0.15, 0.2) is 4.80 Å². The van der Waals surface area contributed by atoms with Crippen LogP contribution in [0.3, 0.4) is 0 Å². The molecular formula is C25H33N3O5S2. The first-order chi connectivity index (χ1) is 16.8. The van der Waals surface area contributed by atoms with Crippen LogP contribution in [-0.4, -0.2) is 56.6 Å². The minimum absolute atomic E-state index is 0.177. The van der Waals surface area contributed by atoms with Crippen molar-refractivity contribution in [1.29, 1.82) is 0 Å². The smallest absolute Gasteiger partial charge is 0.279 e. The van der Waals surface area contributed by atoms with Crippen molar-refractivity contribution in [2.45, 2.75) is 45.1 Å². The molecule has 0 saturated carbocycles. The fraction of sp³-hybridized carbons (Fsp3) is 0.440. The summed E-state index contributed by atoms with van der Waals surface area (Å²) in [4.78, 5) is 18.1. The molecule has 3 aromatic rings. The Bertz CT molecular complexity index is 1310. The van der Waals surface area contributed by atoms with E-state index in [1.807, 2.05) is 43.5 Å². The van der Waals surface area contributed by atoms with Gasteiger partial charge in [-0.25, -0.2) is 8.42 Å². The van der Waals surface area contributed by atoms with Crippen LogP contribution in [-0.2, 0) is 21.3 Å². The average Bonchev–Trinajstić information content (AvgIpc) is 3.20. The van der Waals surface area contributed by atoms with Crippen LogP contribution in [0.2, 0.25) is 0 Å². The number of aromatic nitrogens is 1. The molecule has 1 heterocycles. The Labute approximate surface area is 210 Å². The average molecular weight is 520 g/mol. The van der Waals surface area contributed by atoms with E-state index < -0.39 is 15.9 Å². The van der Waals surface area contributed by atoms with Crippen LogP contribution in [0, 0.1) is 0 Å². The van der Waals surface area contributed by atoms with Crippen molar-refractivity contribution in [2.75, 3.05) is 33.4 Å². The highest BCUT2D eigenvalue weighted by Gasteiger charge is 2.23. The number of benzene rings is 2. The second-order valence-electron chi connectivity index (χ2n) is 7.91. The van der Waals surface area contributed by atoms with E-state index in [9.17, 15) is 13.2 Å². The SMILES string of the molecule is CCCN(CCC)S(=O)(=O)c1ccc(C(=O)N=c2sc3cc(OC)ccc3n2CCOCC)cc1. The van der Waals surface area contributed by atoms with E-state index >= 15 is 0 Å². The molecule has 2 aromatic carbocycles. The zero-order valence-electron chi connectivity index (χ0n) is 20.7. The Hall–Kier alpha value is -2.53. The molecule has 0 aliphatic rings. The third-order valence-electron chi connectivity index (χ3n) is 5.44. The quantitative estimate of drug-likeness (QED) is 0.333. The van der Waals surface area contributed by atoms with E-state index in [1.54, 1.807) is 7.11 Å². The molecule has 1 aromatic heterocycles. The lowest BCUT2D eigenvalue weighted by Gasteiger charge is -2.21. The van der Waals surface area contributed by atoms with Crippen LogP contribution in [0.15, 0.2) is 52.4 Å². The van der Waals surface area contributed by atoms with Gasteiger partial charge < -0.3 is 14.0 Å². The number of carbonyl (C=O) groups excluding carboxylic acids is 1. The zero-order valence-corrected chi connectivity index (χ0v) is 22.3. The summed E-state index contributed by atoms with van der Waals surface area (Å²) in [5.41, 5.74) is 1.27. The van der Waals surface area contributed by atoms with Crippen molar-refractivity contribution in [2.24, 2.45) is 4.99 Å².